The number of anilines is 1. The van der Waals surface area contributed by atoms with Gasteiger partial charge in [0.05, 0.1) is 17.3 Å². The van der Waals surface area contributed by atoms with Crippen LogP contribution >= 0.6 is 0 Å². The first-order chi connectivity index (χ1) is 20.9. The van der Waals surface area contributed by atoms with Gasteiger partial charge in [-0.25, -0.2) is 9.97 Å². The standard InChI is InChI=1S/C33H37N7O3/c1-39-15-17-40(18-16-39)32(42)22-9-7-21(8-10-22)27-19-35-29(25-5-3-4-6-26(25)31(34)41)28-20-36-33(38-30(27)28)37-23-11-13-24(43-2)14-12-23/h3-10,19-20,23-24H,11-18H2,1-2H3,(H2,34,41)(H,36,37,38). The number of piperazine rings is 1. The summed E-state index contributed by atoms with van der Waals surface area (Å²) in [6.07, 6.45) is 7.76. The lowest BCUT2D eigenvalue weighted by atomic mass is 9.93. The Labute approximate surface area is 251 Å². The molecule has 2 aromatic heterocycles. The number of nitrogens with two attached hydrogens (primary N) is 1. The number of pyridine rings is 1. The molecule has 2 amide bonds. The van der Waals surface area contributed by atoms with Crippen LogP contribution < -0.4 is 11.1 Å². The zero-order chi connectivity index (χ0) is 29.9. The van der Waals surface area contributed by atoms with Crippen molar-refractivity contribution >= 4 is 28.7 Å². The van der Waals surface area contributed by atoms with Gasteiger partial charge < -0.3 is 25.6 Å². The smallest absolute Gasteiger partial charge is 0.253 e. The first-order valence-corrected chi connectivity index (χ1v) is 14.8. The second-order valence-electron chi connectivity index (χ2n) is 11.4. The Morgan fingerprint density at radius 2 is 1.63 bits per heavy atom. The van der Waals surface area contributed by atoms with Crippen molar-refractivity contribution in [1.29, 1.82) is 0 Å². The van der Waals surface area contributed by atoms with Gasteiger partial charge in [0, 0.05) is 79.4 Å². The van der Waals surface area contributed by atoms with Gasteiger partial charge >= 0.3 is 0 Å². The predicted molar refractivity (Wildman–Crippen MR) is 167 cm³/mol. The highest BCUT2D eigenvalue weighted by atomic mass is 16.5. The summed E-state index contributed by atoms with van der Waals surface area (Å²) in [5.74, 6) is 0.0518. The Hall–Kier alpha value is -4.41. The summed E-state index contributed by atoms with van der Waals surface area (Å²) in [7, 11) is 3.84. The monoisotopic (exact) mass is 579 g/mol. The molecule has 4 aromatic rings. The fourth-order valence-corrected chi connectivity index (χ4v) is 6.03. The molecule has 10 nitrogen and oxygen atoms in total. The number of carbonyl (C=O) groups is 2. The Morgan fingerprint density at radius 1 is 0.907 bits per heavy atom. The van der Waals surface area contributed by atoms with Gasteiger partial charge in [-0.2, -0.15) is 0 Å². The third kappa shape index (κ3) is 6.07. The number of carbonyl (C=O) groups excluding carboxylic acids is 2. The largest absolute Gasteiger partial charge is 0.381 e. The molecule has 10 heteroatoms. The molecule has 0 unspecified atom stereocenters. The van der Waals surface area contributed by atoms with Crippen LogP contribution in [-0.4, -0.2) is 89.0 Å². The lowest BCUT2D eigenvalue weighted by molar-refractivity contribution is 0.0663. The van der Waals surface area contributed by atoms with Gasteiger partial charge in [0.1, 0.15) is 0 Å². The van der Waals surface area contributed by atoms with Gasteiger partial charge in [-0.3, -0.25) is 14.6 Å². The molecule has 1 aliphatic carbocycles. The first kappa shape index (κ1) is 28.7. The summed E-state index contributed by atoms with van der Waals surface area (Å²) in [6.45, 7) is 3.19. The highest BCUT2D eigenvalue weighted by Crippen LogP contribution is 2.35. The van der Waals surface area contributed by atoms with Crippen LogP contribution in [0.1, 0.15) is 46.4 Å². The normalized spacial score (nSPS) is 19.3. The first-order valence-electron chi connectivity index (χ1n) is 14.8. The molecule has 2 aromatic carbocycles. The number of hydrogen-bond acceptors (Lipinski definition) is 8. The van der Waals surface area contributed by atoms with E-state index >= 15 is 0 Å². The number of likely N-dealkylation sites (N-methyl/N-ethyl adjacent to an activating group) is 1. The summed E-state index contributed by atoms with van der Waals surface area (Å²) in [6, 6.07) is 15.0. The number of nitrogens with zero attached hydrogens (tertiary/aromatic N) is 5. The molecule has 1 saturated carbocycles. The minimum absolute atomic E-state index is 0.0399. The molecule has 1 saturated heterocycles. The maximum absolute atomic E-state index is 13.1. The number of rotatable bonds is 7. The summed E-state index contributed by atoms with van der Waals surface area (Å²) in [5, 5.41) is 4.23. The molecule has 43 heavy (non-hydrogen) atoms. The van der Waals surface area contributed by atoms with Gasteiger partial charge in [0.25, 0.3) is 5.91 Å². The summed E-state index contributed by atoms with van der Waals surface area (Å²) in [4.78, 5) is 44.0. The zero-order valence-corrected chi connectivity index (χ0v) is 24.6. The Morgan fingerprint density at radius 3 is 2.33 bits per heavy atom. The van der Waals surface area contributed by atoms with E-state index in [1.165, 1.54) is 0 Å². The minimum atomic E-state index is -0.527. The Balaban J connectivity index is 1.37. The van der Waals surface area contributed by atoms with Crippen LogP contribution in [0, 0.1) is 0 Å². The van der Waals surface area contributed by atoms with Crippen LogP contribution in [0.3, 0.4) is 0 Å². The van der Waals surface area contributed by atoms with Crippen molar-refractivity contribution in [1.82, 2.24) is 24.8 Å². The second-order valence-corrected chi connectivity index (χ2v) is 11.4. The van der Waals surface area contributed by atoms with Gasteiger partial charge in [0.15, 0.2) is 0 Å². The average Bonchev–Trinajstić information content (AvgIpc) is 3.04. The number of methoxy groups -OCH3 is 1. The number of amides is 2. The lowest BCUT2D eigenvalue weighted by Gasteiger charge is -2.32. The summed E-state index contributed by atoms with van der Waals surface area (Å²) >= 11 is 0. The molecule has 6 rings (SSSR count). The van der Waals surface area contributed by atoms with Gasteiger partial charge in [0.2, 0.25) is 11.9 Å². The van der Waals surface area contributed by atoms with Crippen molar-refractivity contribution in [2.75, 3.05) is 45.7 Å². The minimum Gasteiger partial charge on any atom is -0.381 e. The second kappa shape index (κ2) is 12.4. The van der Waals surface area contributed by atoms with Crippen molar-refractivity contribution in [3.8, 4) is 22.4 Å². The van der Waals surface area contributed by atoms with Gasteiger partial charge in [-0.1, -0.05) is 30.3 Å². The number of benzene rings is 2. The summed E-state index contributed by atoms with van der Waals surface area (Å²) < 4.78 is 5.53. The third-order valence-electron chi connectivity index (χ3n) is 8.64. The van der Waals surface area contributed by atoms with E-state index < -0.39 is 5.91 Å². The maximum Gasteiger partial charge on any atom is 0.253 e. The molecule has 2 aliphatic rings. The summed E-state index contributed by atoms with van der Waals surface area (Å²) in [5.41, 5.74) is 10.4. The van der Waals surface area contributed by atoms with Crippen LogP contribution in [-0.2, 0) is 4.74 Å². The van der Waals surface area contributed by atoms with Crippen molar-refractivity contribution in [3.05, 3.63) is 72.1 Å². The van der Waals surface area contributed by atoms with Crippen LogP contribution in [0.15, 0.2) is 60.9 Å². The van der Waals surface area contributed by atoms with E-state index in [-0.39, 0.29) is 11.9 Å². The quantitative estimate of drug-likeness (QED) is 0.333. The van der Waals surface area contributed by atoms with E-state index in [4.69, 9.17) is 20.4 Å². The maximum atomic E-state index is 13.1. The molecule has 222 valence electrons. The molecular weight excluding hydrogens is 542 g/mol. The predicted octanol–water partition coefficient (Wildman–Crippen LogP) is 4.21. The molecule has 0 spiro atoms. The van der Waals surface area contributed by atoms with Crippen LogP contribution in [0.25, 0.3) is 33.3 Å². The molecule has 2 fully saturated rings. The molecule has 3 heterocycles. The fraction of sp³-hybridized carbons (Fsp3) is 0.364. The Bertz CT molecular complexity index is 1630. The molecular formula is C33H37N7O3. The highest BCUT2D eigenvalue weighted by Gasteiger charge is 2.24. The van der Waals surface area contributed by atoms with E-state index in [2.05, 4.69) is 22.2 Å². The van der Waals surface area contributed by atoms with Crippen LogP contribution in [0.4, 0.5) is 5.95 Å². The van der Waals surface area contributed by atoms with E-state index in [0.29, 0.717) is 45.3 Å². The van der Waals surface area contributed by atoms with Crippen molar-refractivity contribution < 1.29 is 14.3 Å². The molecule has 0 bridgehead atoms. The number of ether oxygens (including phenoxy) is 1. The van der Waals surface area contributed by atoms with Crippen molar-refractivity contribution in [2.45, 2.75) is 37.8 Å². The van der Waals surface area contributed by atoms with Crippen LogP contribution in [0.5, 0.6) is 0 Å². The van der Waals surface area contributed by atoms with Crippen molar-refractivity contribution in [3.63, 3.8) is 0 Å². The van der Waals surface area contributed by atoms with E-state index in [0.717, 1.165) is 63.0 Å². The SMILES string of the molecule is COC1CCC(Nc2ncc3c(-c4ccccc4C(N)=O)ncc(-c4ccc(C(=O)N5CCN(C)CC5)cc4)c3n2)CC1. The molecule has 3 N–H and O–H groups in total. The number of hydrogen-bond donors (Lipinski definition) is 2. The fourth-order valence-electron chi connectivity index (χ4n) is 6.03. The number of nitrogens with one attached hydrogen (secondary N) is 1. The van der Waals surface area contributed by atoms with E-state index in [1.54, 1.807) is 31.6 Å². The topological polar surface area (TPSA) is 127 Å². The Kier molecular flexibility index (Phi) is 8.31. The molecule has 0 atom stereocenters. The number of aromatic nitrogens is 3. The van der Waals surface area contributed by atoms with Gasteiger partial charge in [-0.05, 0) is 56.5 Å². The highest BCUT2D eigenvalue weighted by molar-refractivity contribution is 6.06. The number of primary amides is 1. The average molecular weight is 580 g/mol. The van der Waals surface area contributed by atoms with E-state index in [1.807, 2.05) is 41.3 Å². The van der Waals surface area contributed by atoms with Crippen molar-refractivity contribution in [2.24, 2.45) is 5.73 Å². The molecule has 0 radical (unpaired) electrons. The lowest BCUT2D eigenvalue weighted by Crippen LogP contribution is -2.47. The van der Waals surface area contributed by atoms with Crippen LogP contribution in [0.2, 0.25) is 0 Å². The third-order valence-corrected chi connectivity index (χ3v) is 8.64. The number of fused-ring (bicyclic) bond motifs is 1. The van der Waals surface area contributed by atoms with Gasteiger partial charge in [-0.15, -0.1) is 0 Å². The van der Waals surface area contributed by atoms with E-state index in [9.17, 15) is 9.59 Å². The molecule has 1 aliphatic heterocycles. The zero-order valence-electron chi connectivity index (χ0n) is 24.6.